The third-order valence-electron chi connectivity index (χ3n) is 3.72. The van der Waals surface area contributed by atoms with E-state index in [2.05, 4.69) is 25.6 Å². The first-order chi connectivity index (χ1) is 12.9. The third-order valence-corrected chi connectivity index (χ3v) is 3.72. The van der Waals surface area contributed by atoms with Crippen LogP contribution in [0.5, 0.6) is 5.88 Å². The first-order valence-electron chi connectivity index (χ1n) is 8.20. The van der Waals surface area contributed by atoms with Crippen LogP contribution in [0.4, 0.5) is 26.4 Å². The smallest absolute Gasteiger partial charge is 0.389 e. The van der Waals surface area contributed by atoms with Gasteiger partial charge in [-0.05, 0) is 57.2 Å². The zero-order chi connectivity index (χ0) is 19.4. The Hall–Kier alpha value is -3.55. The summed E-state index contributed by atoms with van der Waals surface area (Å²) in [6, 6.07) is 9.79. The second kappa shape index (κ2) is 7.77. The lowest BCUT2D eigenvalue weighted by Crippen LogP contribution is -2.19. The Balaban J connectivity index is 1.79. The number of rotatable bonds is 4. The second-order valence-corrected chi connectivity index (χ2v) is 5.84. The highest BCUT2D eigenvalue weighted by Crippen LogP contribution is 2.27. The summed E-state index contributed by atoms with van der Waals surface area (Å²) >= 11 is 0. The molecular weight excluding hydrogens is 349 g/mol. The summed E-state index contributed by atoms with van der Waals surface area (Å²) in [4.78, 5) is 24.6. The van der Waals surface area contributed by atoms with Gasteiger partial charge in [0, 0.05) is 11.9 Å². The molecule has 0 aliphatic rings. The van der Waals surface area contributed by atoms with E-state index < -0.39 is 11.9 Å². The van der Waals surface area contributed by atoms with Gasteiger partial charge in [0.05, 0.1) is 17.1 Å². The van der Waals surface area contributed by atoms with E-state index in [0.29, 0.717) is 11.4 Å². The Bertz CT molecular complexity index is 994. The van der Waals surface area contributed by atoms with Gasteiger partial charge < -0.3 is 10.1 Å². The van der Waals surface area contributed by atoms with Crippen molar-refractivity contribution in [2.75, 3.05) is 10.6 Å². The number of nitrogens with zero attached hydrogens (tertiary/aromatic N) is 3. The maximum absolute atomic E-state index is 13.3. The number of halogens is 1. The minimum absolute atomic E-state index is 0.106. The number of carbonyl (C=O) groups excluding carboxylic acids is 1. The fraction of sp³-hybridized carbons (Fsp3) is 0.158. The van der Waals surface area contributed by atoms with Crippen molar-refractivity contribution in [3.8, 4) is 5.88 Å². The van der Waals surface area contributed by atoms with Crippen molar-refractivity contribution in [2.45, 2.75) is 20.8 Å². The Kier molecular flexibility index (Phi) is 5.25. The van der Waals surface area contributed by atoms with Crippen molar-refractivity contribution in [1.82, 2.24) is 15.0 Å². The van der Waals surface area contributed by atoms with Crippen LogP contribution in [0, 0.1) is 26.6 Å². The molecule has 2 N–H and O–H groups in total. The first kappa shape index (κ1) is 18.2. The van der Waals surface area contributed by atoms with Crippen LogP contribution in [0.2, 0.25) is 0 Å². The van der Waals surface area contributed by atoms with E-state index in [1.807, 2.05) is 13.0 Å². The van der Waals surface area contributed by atoms with Crippen molar-refractivity contribution in [2.24, 2.45) is 0 Å². The highest BCUT2D eigenvalue weighted by atomic mass is 19.1. The lowest BCUT2D eigenvalue weighted by molar-refractivity contribution is 0.213. The SMILES string of the molecule is Cc1ccc(Nc2cccnc2C)c(OC(=O)Nc2ccc(F)c(C)n2)n1. The highest BCUT2D eigenvalue weighted by molar-refractivity contribution is 5.86. The number of pyridine rings is 3. The maximum atomic E-state index is 13.3. The van der Waals surface area contributed by atoms with Crippen LogP contribution in [-0.2, 0) is 0 Å². The minimum Gasteiger partial charge on any atom is -0.389 e. The van der Waals surface area contributed by atoms with E-state index in [1.54, 1.807) is 31.3 Å². The molecule has 7 nitrogen and oxygen atoms in total. The van der Waals surface area contributed by atoms with Gasteiger partial charge in [-0.15, -0.1) is 0 Å². The standard InChI is InChI=1S/C19H18FN5O2/c1-11-6-8-16(24-15-5-4-10-21-13(15)3)18(22-11)27-19(26)25-17-9-7-14(20)12(2)23-17/h4-10,24H,1-3H3,(H,23,25,26). The van der Waals surface area contributed by atoms with Crippen LogP contribution in [0.15, 0.2) is 42.6 Å². The van der Waals surface area contributed by atoms with E-state index in [1.165, 1.54) is 19.1 Å². The van der Waals surface area contributed by atoms with E-state index in [9.17, 15) is 9.18 Å². The number of nitrogens with one attached hydrogen (secondary N) is 2. The fourth-order valence-corrected chi connectivity index (χ4v) is 2.30. The molecule has 27 heavy (non-hydrogen) atoms. The van der Waals surface area contributed by atoms with Crippen LogP contribution in [-0.4, -0.2) is 21.0 Å². The lowest BCUT2D eigenvalue weighted by Gasteiger charge is -2.13. The quantitative estimate of drug-likeness (QED) is 0.715. The Morgan fingerprint density at radius 1 is 1.00 bits per heavy atom. The molecule has 0 radical (unpaired) electrons. The molecule has 0 aliphatic heterocycles. The van der Waals surface area contributed by atoms with Crippen LogP contribution in [0.1, 0.15) is 17.1 Å². The predicted molar refractivity (Wildman–Crippen MR) is 99.8 cm³/mol. The van der Waals surface area contributed by atoms with Gasteiger partial charge in [-0.25, -0.2) is 19.2 Å². The first-order valence-corrected chi connectivity index (χ1v) is 8.20. The van der Waals surface area contributed by atoms with E-state index >= 15 is 0 Å². The molecule has 3 rings (SSSR count). The van der Waals surface area contributed by atoms with Crippen LogP contribution in [0.25, 0.3) is 0 Å². The van der Waals surface area contributed by atoms with E-state index in [4.69, 9.17) is 4.74 Å². The van der Waals surface area contributed by atoms with Gasteiger partial charge in [-0.2, -0.15) is 0 Å². The molecule has 3 heterocycles. The molecule has 0 atom stereocenters. The average molecular weight is 367 g/mol. The van der Waals surface area contributed by atoms with Gasteiger partial charge in [0.2, 0.25) is 5.88 Å². The molecular formula is C19H18FN5O2. The third kappa shape index (κ3) is 4.55. The van der Waals surface area contributed by atoms with E-state index in [-0.39, 0.29) is 17.4 Å². The van der Waals surface area contributed by atoms with Gasteiger partial charge in [-0.3, -0.25) is 10.3 Å². The summed E-state index contributed by atoms with van der Waals surface area (Å²) in [6.45, 7) is 5.15. The van der Waals surface area contributed by atoms with Gasteiger partial charge >= 0.3 is 6.09 Å². The normalized spacial score (nSPS) is 10.4. The number of carbonyl (C=O) groups is 1. The summed E-state index contributed by atoms with van der Waals surface area (Å²) in [5, 5.41) is 5.62. The molecule has 0 bridgehead atoms. The molecule has 8 heteroatoms. The minimum atomic E-state index is -0.780. The molecule has 0 saturated carbocycles. The summed E-state index contributed by atoms with van der Waals surface area (Å²) in [5.41, 5.74) is 2.93. The van der Waals surface area contributed by atoms with Gasteiger partial charge in [-0.1, -0.05) is 0 Å². The molecule has 0 spiro atoms. The van der Waals surface area contributed by atoms with Crippen LogP contribution in [0.3, 0.4) is 0 Å². The average Bonchev–Trinajstić information content (AvgIpc) is 2.62. The summed E-state index contributed by atoms with van der Waals surface area (Å²) in [6.07, 6.45) is 0.911. The largest absolute Gasteiger partial charge is 0.419 e. The topological polar surface area (TPSA) is 89.0 Å². The van der Waals surface area contributed by atoms with Crippen molar-refractivity contribution >= 4 is 23.3 Å². The van der Waals surface area contributed by atoms with E-state index in [0.717, 1.165) is 11.4 Å². The monoisotopic (exact) mass is 367 g/mol. The molecule has 138 valence electrons. The van der Waals surface area contributed by atoms with Crippen LogP contribution >= 0.6 is 0 Å². The summed E-state index contributed by atoms with van der Waals surface area (Å²) < 4.78 is 18.6. The molecule has 3 aromatic heterocycles. The number of ether oxygens (including phenoxy) is 1. The van der Waals surface area contributed by atoms with Gasteiger partial charge in [0.1, 0.15) is 17.3 Å². The second-order valence-electron chi connectivity index (χ2n) is 5.84. The van der Waals surface area contributed by atoms with Crippen molar-refractivity contribution in [3.63, 3.8) is 0 Å². The number of hydrogen-bond acceptors (Lipinski definition) is 6. The zero-order valence-corrected chi connectivity index (χ0v) is 15.1. The molecule has 0 aromatic carbocycles. The Labute approximate surface area is 155 Å². The van der Waals surface area contributed by atoms with Crippen molar-refractivity contribution < 1.29 is 13.9 Å². The Morgan fingerprint density at radius 3 is 2.56 bits per heavy atom. The van der Waals surface area contributed by atoms with Crippen molar-refractivity contribution in [1.29, 1.82) is 0 Å². The number of amides is 1. The molecule has 3 aromatic rings. The number of hydrogen-bond donors (Lipinski definition) is 2. The fourth-order valence-electron chi connectivity index (χ4n) is 2.30. The molecule has 1 amide bonds. The number of anilines is 3. The predicted octanol–water partition coefficient (Wildman–Crippen LogP) is 4.29. The van der Waals surface area contributed by atoms with Crippen molar-refractivity contribution in [3.05, 3.63) is 65.5 Å². The van der Waals surface area contributed by atoms with Gasteiger partial charge in [0.25, 0.3) is 0 Å². The summed E-state index contributed by atoms with van der Waals surface area (Å²) in [7, 11) is 0. The number of aromatic nitrogens is 3. The van der Waals surface area contributed by atoms with Crippen LogP contribution < -0.4 is 15.4 Å². The Morgan fingerprint density at radius 2 is 1.81 bits per heavy atom. The zero-order valence-electron chi connectivity index (χ0n) is 15.1. The summed E-state index contributed by atoms with van der Waals surface area (Å²) in [5.74, 6) is -0.161. The lowest BCUT2D eigenvalue weighted by atomic mass is 10.3. The molecule has 0 unspecified atom stereocenters. The molecule has 0 fully saturated rings. The molecule has 0 aliphatic carbocycles. The molecule has 0 saturated heterocycles. The van der Waals surface area contributed by atoms with Gasteiger partial charge in [0.15, 0.2) is 0 Å². The highest BCUT2D eigenvalue weighted by Gasteiger charge is 2.14. The maximum Gasteiger partial charge on any atom is 0.419 e. The number of aryl methyl sites for hydroxylation is 3.